The van der Waals surface area contributed by atoms with Crippen LogP contribution in [-0.2, 0) is 4.79 Å². The molecule has 0 aromatic heterocycles. The molecule has 0 aliphatic rings. The number of ether oxygens (including phenoxy) is 1. The summed E-state index contributed by atoms with van der Waals surface area (Å²) in [6, 6.07) is 6.69. The zero-order valence-electron chi connectivity index (χ0n) is 10.2. The van der Waals surface area contributed by atoms with Crippen LogP contribution in [0.1, 0.15) is 23.7 Å². The van der Waals surface area contributed by atoms with Gasteiger partial charge in [0.25, 0.3) is 5.91 Å². The van der Waals surface area contributed by atoms with Crippen molar-refractivity contribution in [1.82, 2.24) is 5.32 Å². The van der Waals surface area contributed by atoms with Gasteiger partial charge in [0.05, 0.1) is 6.54 Å². The van der Waals surface area contributed by atoms with Crippen molar-refractivity contribution in [3.63, 3.8) is 0 Å². The van der Waals surface area contributed by atoms with Crippen molar-refractivity contribution in [2.75, 3.05) is 13.2 Å². The number of amides is 1. The summed E-state index contributed by atoms with van der Waals surface area (Å²) in [5, 5.41) is 2.49. The fourth-order valence-corrected chi connectivity index (χ4v) is 1.29. The van der Waals surface area contributed by atoms with Crippen LogP contribution in [0.2, 0.25) is 0 Å². The molecule has 94 valence electrons. The smallest absolute Gasteiger partial charge is 0.258 e. The molecular weight excluding hydrogens is 230 g/mol. The molecule has 1 amide bonds. The Bertz CT molecular complexity index is 457. The Labute approximate surface area is 106 Å². The standard InChI is InChI=1S/C14H15NO3/c1-3-9-15-14(17)10-18-12-7-5-11(6-8-12)13(16)4-2/h1,5-8H,4,9-10H2,2H3,(H,15,17). The van der Waals surface area contributed by atoms with E-state index >= 15 is 0 Å². The summed E-state index contributed by atoms with van der Waals surface area (Å²) in [7, 11) is 0. The van der Waals surface area contributed by atoms with Gasteiger partial charge in [-0.3, -0.25) is 9.59 Å². The lowest BCUT2D eigenvalue weighted by Gasteiger charge is -2.06. The first-order valence-electron chi connectivity index (χ1n) is 5.63. The second kappa shape index (κ2) is 7.13. The topological polar surface area (TPSA) is 55.4 Å². The Balaban J connectivity index is 2.47. The van der Waals surface area contributed by atoms with E-state index in [0.29, 0.717) is 17.7 Å². The first kappa shape index (κ1) is 13.8. The van der Waals surface area contributed by atoms with E-state index < -0.39 is 0 Å². The van der Waals surface area contributed by atoms with Crippen LogP contribution >= 0.6 is 0 Å². The number of rotatable bonds is 6. The van der Waals surface area contributed by atoms with Gasteiger partial charge in [-0.15, -0.1) is 6.42 Å². The van der Waals surface area contributed by atoms with E-state index in [9.17, 15) is 9.59 Å². The molecule has 1 aromatic carbocycles. The minimum Gasteiger partial charge on any atom is -0.484 e. The number of Topliss-reactive ketones (excluding diaryl/α,β-unsaturated/α-hetero) is 1. The predicted molar refractivity (Wildman–Crippen MR) is 68.4 cm³/mol. The highest BCUT2D eigenvalue weighted by atomic mass is 16.5. The van der Waals surface area contributed by atoms with Crippen LogP contribution in [0.5, 0.6) is 5.75 Å². The summed E-state index contributed by atoms with van der Waals surface area (Å²) < 4.78 is 5.24. The summed E-state index contributed by atoms with van der Waals surface area (Å²) in [6.45, 7) is 1.90. The molecule has 18 heavy (non-hydrogen) atoms. The van der Waals surface area contributed by atoms with Crippen LogP contribution in [0.3, 0.4) is 0 Å². The fraction of sp³-hybridized carbons (Fsp3) is 0.286. The van der Waals surface area contributed by atoms with Crippen molar-refractivity contribution in [3.8, 4) is 18.1 Å². The molecule has 0 fully saturated rings. The normalized spacial score (nSPS) is 9.33. The molecule has 0 saturated carbocycles. The average Bonchev–Trinajstić information content (AvgIpc) is 2.42. The molecule has 1 N–H and O–H groups in total. The second-order valence-electron chi connectivity index (χ2n) is 3.57. The van der Waals surface area contributed by atoms with Crippen molar-refractivity contribution in [3.05, 3.63) is 29.8 Å². The molecule has 0 aliphatic heterocycles. The highest BCUT2D eigenvalue weighted by Crippen LogP contribution is 2.13. The number of nitrogens with one attached hydrogen (secondary N) is 1. The number of hydrogen-bond donors (Lipinski definition) is 1. The van der Waals surface area contributed by atoms with Gasteiger partial charge in [0.15, 0.2) is 12.4 Å². The second-order valence-corrected chi connectivity index (χ2v) is 3.57. The fourth-order valence-electron chi connectivity index (χ4n) is 1.29. The van der Waals surface area contributed by atoms with Crippen molar-refractivity contribution < 1.29 is 14.3 Å². The molecule has 0 aliphatic carbocycles. The van der Waals surface area contributed by atoms with Gasteiger partial charge in [-0.05, 0) is 24.3 Å². The highest BCUT2D eigenvalue weighted by Gasteiger charge is 2.04. The maximum atomic E-state index is 11.4. The largest absolute Gasteiger partial charge is 0.484 e. The Morgan fingerprint density at radius 3 is 2.56 bits per heavy atom. The van der Waals surface area contributed by atoms with E-state index in [1.54, 1.807) is 24.3 Å². The molecule has 0 bridgehead atoms. The molecule has 1 aromatic rings. The SMILES string of the molecule is C#CCNC(=O)COc1ccc(C(=O)CC)cc1. The van der Waals surface area contributed by atoms with E-state index in [4.69, 9.17) is 11.2 Å². The zero-order chi connectivity index (χ0) is 13.4. The van der Waals surface area contributed by atoms with Crippen molar-refractivity contribution in [2.24, 2.45) is 0 Å². The van der Waals surface area contributed by atoms with Crippen LogP contribution in [0.4, 0.5) is 0 Å². The molecule has 0 heterocycles. The minimum atomic E-state index is -0.276. The number of ketones is 1. The van der Waals surface area contributed by atoms with Crippen molar-refractivity contribution >= 4 is 11.7 Å². The van der Waals surface area contributed by atoms with E-state index in [-0.39, 0.29) is 24.8 Å². The average molecular weight is 245 g/mol. The first-order chi connectivity index (χ1) is 8.67. The maximum Gasteiger partial charge on any atom is 0.258 e. The maximum absolute atomic E-state index is 11.4. The Kier molecular flexibility index (Phi) is 5.46. The van der Waals surface area contributed by atoms with Gasteiger partial charge in [-0.25, -0.2) is 0 Å². The number of carbonyl (C=O) groups is 2. The van der Waals surface area contributed by atoms with Gasteiger partial charge in [-0.1, -0.05) is 12.8 Å². The van der Waals surface area contributed by atoms with Gasteiger partial charge in [0.1, 0.15) is 5.75 Å². The molecular formula is C14H15NO3. The van der Waals surface area contributed by atoms with Crippen LogP contribution in [-0.4, -0.2) is 24.8 Å². The lowest BCUT2D eigenvalue weighted by molar-refractivity contribution is -0.122. The van der Waals surface area contributed by atoms with Crippen LogP contribution < -0.4 is 10.1 Å². The van der Waals surface area contributed by atoms with Crippen molar-refractivity contribution in [2.45, 2.75) is 13.3 Å². The summed E-state index contributed by atoms with van der Waals surface area (Å²) in [5.41, 5.74) is 0.640. The molecule has 0 radical (unpaired) electrons. The van der Waals surface area contributed by atoms with Crippen LogP contribution in [0.25, 0.3) is 0 Å². The molecule has 0 unspecified atom stereocenters. The van der Waals surface area contributed by atoms with Crippen LogP contribution in [0, 0.1) is 12.3 Å². The van der Waals surface area contributed by atoms with E-state index in [1.807, 2.05) is 6.92 Å². The molecule has 1 rings (SSSR count). The van der Waals surface area contributed by atoms with E-state index in [2.05, 4.69) is 11.2 Å². The van der Waals surface area contributed by atoms with Gasteiger partial charge < -0.3 is 10.1 Å². The molecule has 4 heteroatoms. The third kappa shape index (κ3) is 4.30. The van der Waals surface area contributed by atoms with Gasteiger partial charge in [-0.2, -0.15) is 0 Å². The summed E-state index contributed by atoms with van der Waals surface area (Å²) in [6.07, 6.45) is 5.47. The van der Waals surface area contributed by atoms with E-state index in [1.165, 1.54) is 0 Å². The lowest BCUT2D eigenvalue weighted by Crippen LogP contribution is -2.29. The van der Waals surface area contributed by atoms with Gasteiger partial charge in [0, 0.05) is 12.0 Å². The third-order valence-electron chi connectivity index (χ3n) is 2.25. The Morgan fingerprint density at radius 1 is 1.33 bits per heavy atom. The summed E-state index contributed by atoms with van der Waals surface area (Å²) in [4.78, 5) is 22.6. The number of benzene rings is 1. The summed E-state index contributed by atoms with van der Waals surface area (Å²) >= 11 is 0. The third-order valence-corrected chi connectivity index (χ3v) is 2.25. The number of carbonyl (C=O) groups excluding carboxylic acids is 2. The predicted octanol–water partition coefficient (Wildman–Crippen LogP) is 1.41. The Morgan fingerprint density at radius 2 is 2.00 bits per heavy atom. The van der Waals surface area contributed by atoms with Crippen molar-refractivity contribution in [1.29, 1.82) is 0 Å². The first-order valence-corrected chi connectivity index (χ1v) is 5.63. The van der Waals surface area contributed by atoms with Crippen LogP contribution in [0.15, 0.2) is 24.3 Å². The summed E-state index contributed by atoms with van der Waals surface area (Å²) in [5.74, 6) is 2.64. The Hall–Kier alpha value is -2.28. The highest BCUT2D eigenvalue weighted by molar-refractivity contribution is 5.95. The molecule has 4 nitrogen and oxygen atoms in total. The quantitative estimate of drug-likeness (QED) is 0.609. The number of hydrogen-bond acceptors (Lipinski definition) is 3. The van der Waals surface area contributed by atoms with Gasteiger partial charge in [0.2, 0.25) is 0 Å². The zero-order valence-corrected chi connectivity index (χ0v) is 10.2. The molecule has 0 saturated heterocycles. The molecule has 0 spiro atoms. The number of terminal acetylenes is 1. The van der Waals surface area contributed by atoms with E-state index in [0.717, 1.165) is 0 Å². The minimum absolute atomic E-state index is 0.0771. The molecule has 0 atom stereocenters. The van der Waals surface area contributed by atoms with Gasteiger partial charge >= 0.3 is 0 Å². The lowest BCUT2D eigenvalue weighted by atomic mass is 10.1. The monoisotopic (exact) mass is 245 g/mol.